The molecule has 5 aromatic rings. The Morgan fingerprint density at radius 1 is 0.750 bits per heavy atom. The summed E-state index contributed by atoms with van der Waals surface area (Å²) in [6, 6.07) is 40.6. The van der Waals surface area contributed by atoms with Crippen molar-refractivity contribution >= 4 is 16.3 Å². The summed E-state index contributed by atoms with van der Waals surface area (Å²) in [5, 5.41) is 6.34. The van der Waals surface area contributed by atoms with Gasteiger partial charge in [0.1, 0.15) is 0 Å². The first-order valence-corrected chi connectivity index (χ1v) is 19.0. The SMILES string of the molecule is C=C(C)c1cc(-c2ccc(C3CCN(C(=C)C(C)(C)CC(C)(C)NCc4ccccc4)CC3)cc2)c2ccc(-c3ccc(CC)cc3)cc2c1.CF. The van der Waals surface area contributed by atoms with E-state index in [1.165, 1.54) is 61.0 Å². The number of hydrogen-bond acceptors (Lipinski definition) is 2. The van der Waals surface area contributed by atoms with Crippen LogP contribution in [0.3, 0.4) is 0 Å². The van der Waals surface area contributed by atoms with Crippen LogP contribution in [-0.2, 0) is 13.0 Å². The van der Waals surface area contributed by atoms with Crippen molar-refractivity contribution in [3.63, 3.8) is 0 Å². The molecule has 1 saturated heterocycles. The lowest BCUT2D eigenvalue weighted by atomic mass is 9.76. The van der Waals surface area contributed by atoms with E-state index in [2.05, 4.69) is 174 Å². The van der Waals surface area contributed by atoms with Crippen LogP contribution in [0.1, 0.15) is 89.0 Å². The second kappa shape index (κ2) is 16.9. The average Bonchev–Trinajstić information content (AvgIpc) is 3.17. The number of rotatable bonds is 12. The van der Waals surface area contributed by atoms with E-state index < -0.39 is 0 Å². The minimum atomic E-state index is 0.000553. The molecule has 3 heteroatoms. The van der Waals surface area contributed by atoms with Gasteiger partial charge < -0.3 is 10.2 Å². The van der Waals surface area contributed by atoms with Gasteiger partial charge in [-0.25, -0.2) is 0 Å². The van der Waals surface area contributed by atoms with Gasteiger partial charge in [0.05, 0.1) is 7.18 Å². The Morgan fingerprint density at radius 3 is 1.98 bits per heavy atom. The molecule has 0 atom stereocenters. The van der Waals surface area contributed by atoms with Crippen LogP contribution in [0.15, 0.2) is 128 Å². The van der Waals surface area contributed by atoms with E-state index in [0.29, 0.717) is 13.1 Å². The van der Waals surface area contributed by atoms with Crippen molar-refractivity contribution in [2.45, 2.75) is 85.2 Å². The number of benzene rings is 5. The van der Waals surface area contributed by atoms with Crippen LogP contribution in [0.4, 0.5) is 4.39 Å². The maximum atomic E-state index is 9.50. The van der Waals surface area contributed by atoms with Gasteiger partial charge in [-0.15, -0.1) is 0 Å². The molecule has 1 N–H and O–H groups in total. The molecular formula is C49H59FN2. The van der Waals surface area contributed by atoms with Gasteiger partial charge >= 0.3 is 0 Å². The van der Waals surface area contributed by atoms with Crippen LogP contribution in [0.5, 0.6) is 0 Å². The van der Waals surface area contributed by atoms with Crippen LogP contribution in [0.2, 0.25) is 0 Å². The first-order chi connectivity index (χ1) is 24.9. The third kappa shape index (κ3) is 9.30. The van der Waals surface area contributed by atoms with Gasteiger partial charge in [-0.3, -0.25) is 4.39 Å². The number of nitrogens with one attached hydrogen (secondary N) is 1. The third-order valence-corrected chi connectivity index (χ3v) is 11.0. The number of hydrogen-bond donors (Lipinski definition) is 1. The summed E-state index contributed by atoms with van der Waals surface area (Å²) < 4.78 is 9.50. The molecule has 272 valence electrons. The van der Waals surface area contributed by atoms with Crippen molar-refractivity contribution in [2.75, 3.05) is 20.3 Å². The van der Waals surface area contributed by atoms with Crippen LogP contribution in [0.25, 0.3) is 38.6 Å². The first-order valence-electron chi connectivity index (χ1n) is 19.0. The van der Waals surface area contributed by atoms with E-state index in [1.54, 1.807) is 0 Å². The van der Waals surface area contributed by atoms with Crippen molar-refractivity contribution < 1.29 is 4.39 Å². The maximum absolute atomic E-state index is 9.50. The Balaban J connectivity index is 0.00000257. The predicted octanol–water partition coefficient (Wildman–Crippen LogP) is 13.0. The number of allylic oxidation sites excluding steroid dienone is 2. The highest BCUT2D eigenvalue weighted by atomic mass is 19.1. The summed E-state index contributed by atoms with van der Waals surface area (Å²) in [6.07, 6.45) is 4.39. The van der Waals surface area contributed by atoms with E-state index >= 15 is 0 Å². The molecule has 1 fully saturated rings. The molecule has 1 aliphatic rings. The molecule has 5 aromatic carbocycles. The fraction of sp³-hybridized carbons (Fsp3) is 0.347. The van der Waals surface area contributed by atoms with E-state index in [0.717, 1.165) is 50.9 Å². The Kier molecular flexibility index (Phi) is 12.6. The highest BCUT2D eigenvalue weighted by molar-refractivity contribution is 6.00. The minimum absolute atomic E-state index is 0.000553. The Hall–Kier alpha value is -4.47. The Labute approximate surface area is 313 Å². The number of nitrogens with zero attached hydrogens (tertiary/aromatic N) is 1. The lowest BCUT2D eigenvalue weighted by molar-refractivity contribution is 0.172. The second-order valence-corrected chi connectivity index (χ2v) is 15.9. The summed E-state index contributed by atoms with van der Waals surface area (Å²) in [5.74, 6) is 0.570. The molecule has 0 saturated carbocycles. The molecular weight excluding hydrogens is 636 g/mol. The molecule has 0 unspecified atom stereocenters. The average molecular weight is 695 g/mol. The maximum Gasteiger partial charge on any atom is 0.0785 e. The van der Waals surface area contributed by atoms with E-state index in [1.807, 2.05) is 0 Å². The molecule has 0 amide bonds. The molecule has 0 spiro atoms. The number of alkyl halides is 1. The molecule has 1 heterocycles. The number of fused-ring (bicyclic) bond motifs is 1. The van der Waals surface area contributed by atoms with Gasteiger partial charge in [-0.05, 0) is 126 Å². The molecule has 1 aliphatic heterocycles. The van der Waals surface area contributed by atoms with Crippen LogP contribution < -0.4 is 5.32 Å². The molecule has 0 radical (unpaired) electrons. The highest BCUT2D eigenvalue weighted by Crippen LogP contribution is 2.40. The standard InChI is InChI=1S/C48H56N2.CH3F/c1-9-36-15-17-39(18-16-36)42-23-24-45-44(29-42)30-43(34(2)3)31-46(45)41-21-19-38(20-22-41)40-25-27-50(28-26-40)35(4)47(5,6)33-48(7,8)49-32-37-13-11-10-12-14-37;1-2/h10-24,29-31,40,49H,2,4,9,25-28,32-33H2,1,3,5-8H3;1H3. The minimum Gasteiger partial charge on any atom is -0.375 e. The van der Waals surface area contributed by atoms with Gasteiger partial charge in [0.25, 0.3) is 0 Å². The van der Waals surface area contributed by atoms with Crippen molar-refractivity contribution in [1.29, 1.82) is 0 Å². The summed E-state index contributed by atoms with van der Waals surface area (Å²) in [6.45, 7) is 25.6. The van der Waals surface area contributed by atoms with Crippen LogP contribution >= 0.6 is 0 Å². The second-order valence-electron chi connectivity index (χ2n) is 15.9. The zero-order valence-electron chi connectivity index (χ0n) is 32.7. The lowest BCUT2D eigenvalue weighted by Crippen LogP contribution is -2.45. The van der Waals surface area contributed by atoms with Crippen molar-refractivity contribution in [1.82, 2.24) is 10.2 Å². The third-order valence-electron chi connectivity index (χ3n) is 11.0. The highest BCUT2D eigenvalue weighted by Gasteiger charge is 2.34. The molecule has 0 bridgehead atoms. The van der Waals surface area contributed by atoms with Crippen molar-refractivity contribution in [3.05, 3.63) is 150 Å². The van der Waals surface area contributed by atoms with Gasteiger partial charge in [-0.1, -0.05) is 130 Å². The van der Waals surface area contributed by atoms with Gasteiger partial charge in [0.15, 0.2) is 0 Å². The van der Waals surface area contributed by atoms with Crippen molar-refractivity contribution in [3.8, 4) is 22.3 Å². The zero-order valence-corrected chi connectivity index (χ0v) is 32.7. The summed E-state index contributed by atoms with van der Waals surface area (Å²) in [7, 11) is 0.500. The topological polar surface area (TPSA) is 15.3 Å². The normalized spacial score (nSPS) is 13.8. The number of piperidine rings is 1. The monoisotopic (exact) mass is 694 g/mol. The summed E-state index contributed by atoms with van der Waals surface area (Å²) in [5.41, 5.74) is 12.7. The number of aryl methyl sites for hydroxylation is 1. The molecule has 2 nitrogen and oxygen atoms in total. The predicted molar refractivity (Wildman–Crippen MR) is 224 cm³/mol. The summed E-state index contributed by atoms with van der Waals surface area (Å²) in [4.78, 5) is 2.56. The quantitative estimate of drug-likeness (QED) is 0.140. The lowest BCUT2D eigenvalue weighted by Gasteiger charge is -2.44. The first kappa shape index (κ1) is 38.8. The van der Waals surface area contributed by atoms with E-state index in [9.17, 15) is 4.39 Å². The largest absolute Gasteiger partial charge is 0.375 e. The van der Waals surface area contributed by atoms with E-state index in [-0.39, 0.29) is 11.0 Å². The number of likely N-dealkylation sites (tertiary alicyclic amines) is 1. The molecule has 6 rings (SSSR count). The Morgan fingerprint density at radius 2 is 1.37 bits per heavy atom. The van der Waals surface area contributed by atoms with Gasteiger partial charge in [0, 0.05) is 36.3 Å². The van der Waals surface area contributed by atoms with Crippen molar-refractivity contribution in [2.24, 2.45) is 5.41 Å². The Bertz CT molecular complexity index is 1940. The van der Waals surface area contributed by atoms with E-state index in [4.69, 9.17) is 0 Å². The smallest absolute Gasteiger partial charge is 0.0785 e. The molecule has 52 heavy (non-hydrogen) atoms. The summed E-state index contributed by atoms with van der Waals surface area (Å²) >= 11 is 0. The zero-order chi connectivity index (χ0) is 37.5. The van der Waals surface area contributed by atoms with Gasteiger partial charge in [-0.2, -0.15) is 0 Å². The molecule has 0 aliphatic carbocycles. The van der Waals surface area contributed by atoms with Gasteiger partial charge in [0.2, 0.25) is 0 Å². The molecule has 0 aromatic heterocycles. The fourth-order valence-corrected chi connectivity index (χ4v) is 8.02. The van der Waals surface area contributed by atoms with Crippen LogP contribution in [-0.4, -0.2) is 30.7 Å². The van der Waals surface area contributed by atoms with Crippen LogP contribution in [0, 0.1) is 5.41 Å². The number of halogens is 1. The fourth-order valence-electron chi connectivity index (χ4n) is 8.02.